The maximum absolute atomic E-state index is 12.8. The molecule has 0 aromatic heterocycles. The van der Waals surface area contributed by atoms with Crippen molar-refractivity contribution < 1.29 is 18.0 Å². The lowest BCUT2D eigenvalue weighted by Crippen LogP contribution is -2.37. The van der Waals surface area contributed by atoms with Gasteiger partial charge in [-0.15, -0.1) is 0 Å². The summed E-state index contributed by atoms with van der Waals surface area (Å²) in [5.74, 6) is 0.464. The Kier molecular flexibility index (Phi) is 4.96. The van der Waals surface area contributed by atoms with Gasteiger partial charge in [0.05, 0.1) is 5.56 Å². The van der Waals surface area contributed by atoms with Gasteiger partial charge in [-0.05, 0) is 53.5 Å². The molecule has 0 aliphatic carbocycles. The van der Waals surface area contributed by atoms with Crippen LogP contribution in [-0.4, -0.2) is 28.7 Å². The minimum absolute atomic E-state index is 0.139. The second kappa shape index (κ2) is 6.81. The van der Waals surface area contributed by atoms with Gasteiger partial charge in [-0.25, -0.2) is 0 Å². The van der Waals surface area contributed by atoms with Gasteiger partial charge >= 0.3 is 6.18 Å². The molecule has 0 N–H and O–H groups in total. The predicted octanol–water partition coefficient (Wildman–Crippen LogP) is 4.41. The Hall–Kier alpha value is -1.08. The monoisotopic (exact) mass is 390 g/mol. The van der Waals surface area contributed by atoms with Crippen molar-refractivity contribution in [2.24, 2.45) is 11.1 Å². The van der Waals surface area contributed by atoms with Crippen LogP contribution in [0.5, 0.6) is 0 Å². The molecule has 2 heterocycles. The molecule has 0 spiro atoms. The van der Waals surface area contributed by atoms with Gasteiger partial charge in [-0.3, -0.25) is 4.90 Å². The van der Waals surface area contributed by atoms with Gasteiger partial charge in [-0.2, -0.15) is 13.2 Å². The number of halogens is 4. The summed E-state index contributed by atoms with van der Waals surface area (Å²) >= 11 is 3.35. The molecule has 126 valence electrons. The van der Waals surface area contributed by atoms with Crippen molar-refractivity contribution in [3.63, 3.8) is 0 Å². The second-order valence-electron chi connectivity index (χ2n) is 6.13. The molecule has 1 atom stereocenters. The Morgan fingerprint density at radius 2 is 2.00 bits per heavy atom. The van der Waals surface area contributed by atoms with Crippen LogP contribution in [0.4, 0.5) is 13.2 Å². The molecular weight excluding hydrogens is 373 g/mol. The zero-order valence-corrected chi connectivity index (χ0v) is 14.1. The molecule has 3 rings (SSSR count). The molecule has 0 unspecified atom stereocenters. The zero-order valence-electron chi connectivity index (χ0n) is 12.5. The summed E-state index contributed by atoms with van der Waals surface area (Å²) in [5, 5.41) is 3.93. The maximum Gasteiger partial charge on any atom is 0.416 e. The minimum atomic E-state index is -4.28. The number of hydrogen-bond donors (Lipinski definition) is 0. The van der Waals surface area contributed by atoms with Gasteiger partial charge in [0.15, 0.2) is 0 Å². The van der Waals surface area contributed by atoms with Gasteiger partial charge in [0.2, 0.25) is 0 Å². The van der Waals surface area contributed by atoms with Crippen molar-refractivity contribution in [1.82, 2.24) is 4.90 Å². The van der Waals surface area contributed by atoms with Crippen LogP contribution in [0.25, 0.3) is 0 Å². The van der Waals surface area contributed by atoms with E-state index in [4.69, 9.17) is 4.84 Å². The fourth-order valence-electron chi connectivity index (χ4n) is 3.21. The molecule has 1 saturated heterocycles. The molecule has 2 aliphatic rings. The van der Waals surface area contributed by atoms with Crippen LogP contribution in [0.3, 0.4) is 0 Å². The van der Waals surface area contributed by atoms with Crippen LogP contribution in [-0.2, 0) is 17.6 Å². The van der Waals surface area contributed by atoms with Gasteiger partial charge in [0, 0.05) is 18.9 Å². The molecule has 0 radical (unpaired) electrons. The van der Waals surface area contributed by atoms with Crippen molar-refractivity contribution in [2.45, 2.75) is 38.1 Å². The first-order valence-corrected chi connectivity index (χ1v) is 8.48. The summed E-state index contributed by atoms with van der Waals surface area (Å²) in [5.41, 5.74) is 0.132. The van der Waals surface area contributed by atoms with E-state index in [0.29, 0.717) is 18.0 Å². The Morgan fingerprint density at radius 3 is 2.61 bits per heavy atom. The molecule has 3 nitrogen and oxygen atoms in total. The molecular formula is C16H18BrF3N2O. The highest BCUT2D eigenvalue weighted by molar-refractivity contribution is 9.18. The van der Waals surface area contributed by atoms with Crippen LogP contribution in [0, 0.1) is 5.92 Å². The molecule has 23 heavy (non-hydrogen) atoms. The summed E-state index contributed by atoms with van der Waals surface area (Å²) in [4.78, 5) is 7.61. The van der Waals surface area contributed by atoms with Gasteiger partial charge in [0.1, 0.15) is 10.7 Å². The highest BCUT2D eigenvalue weighted by Crippen LogP contribution is 2.31. The molecule has 0 bridgehead atoms. The van der Waals surface area contributed by atoms with E-state index in [1.165, 1.54) is 12.1 Å². The van der Waals surface area contributed by atoms with Crippen LogP contribution < -0.4 is 0 Å². The number of alkyl halides is 3. The first-order chi connectivity index (χ1) is 10.9. The van der Waals surface area contributed by atoms with Crippen molar-refractivity contribution in [3.05, 3.63) is 35.4 Å². The quantitative estimate of drug-likeness (QED) is 0.763. The first kappa shape index (κ1) is 16.8. The SMILES string of the molecule is FC(F)(F)c1cccc(CN2CCC([C@H]3CC(Br)=NO3)CC2)c1. The van der Waals surface area contributed by atoms with Gasteiger partial charge in [-0.1, -0.05) is 23.4 Å². The number of likely N-dealkylation sites (tertiary alicyclic amines) is 1. The van der Waals surface area contributed by atoms with E-state index in [2.05, 4.69) is 26.0 Å². The third kappa shape index (κ3) is 4.26. The van der Waals surface area contributed by atoms with Crippen LogP contribution >= 0.6 is 15.9 Å². The van der Waals surface area contributed by atoms with Crippen LogP contribution in [0.15, 0.2) is 29.4 Å². The predicted molar refractivity (Wildman–Crippen MR) is 85.3 cm³/mol. The third-order valence-corrected chi connectivity index (χ3v) is 4.94. The van der Waals surface area contributed by atoms with Crippen molar-refractivity contribution in [1.29, 1.82) is 0 Å². The normalized spacial score (nSPS) is 23.7. The number of rotatable bonds is 3. The number of hydrogen-bond acceptors (Lipinski definition) is 3. The van der Waals surface area contributed by atoms with Crippen molar-refractivity contribution in [2.75, 3.05) is 13.1 Å². The lowest BCUT2D eigenvalue weighted by molar-refractivity contribution is -0.137. The lowest BCUT2D eigenvalue weighted by Gasteiger charge is -2.33. The smallest absolute Gasteiger partial charge is 0.391 e. The summed E-state index contributed by atoms with van der Waals surface area (Å²) in [6.07, 6.45) is -1.35. The Balaban J connectivity index is 1.53. The largest absolute Gasteiger partial charge is 0.416 e. The Morgan fingerprint density at radius 1 is 1.26 bits per heavy atom. The van der Waals surface area contributed by atoms with Crippen molar-refractivity contribution in [3.8, 4) is 0 Å². The standard InChI is InChI=1S/C16H18BrF3N2O/c17-15-9-14(23-21-15)12-4-6-22(7-5-12)10-11-2-1-3-13(8-11)16(18,19)20/h1-3,8,12,14H,4-7,9-10H2/t14-/m1/s1. The van der Waals surface area contributed by atoms with Crippen LogP contribution in [0.2, 0.25) is 0 Å². The summed E-state index contributed by atoms with van der Waals surface area (Å²) < 4.78 is 39.1. The molecule has 7 heteroatoms. The van der Waals surface area contributed by atoms with Gasteiger partial charge < -0.3 is 4.84 Å². The Labute approximate surface area is 141 Å². The topological polar surface area (TPSA) is 24.8 Å². The molecule has 2 aliphatic heterocycles. The maximum atomic E-state index is 12.8. The summed E-state index contributed by atoms with van der Waals surface area (Å²) in [6, 6.07) is 5.60. The minimum Gasteiger partial charge on any atom is -0.391 e. The van der Waals surface area contributed by atoms with E-state index in [1.54, 1.807) is 6.07 Å². The molecule has 1 aromatic carbocycles. The molecule has 1 fully saturated rings. The van der Waals surface area contributed by atoms with E-state index in [1.807, 2.05) is 0 Å². The average Bonchev–Trinajstić information content (AvgIpc) is 2.94. The lowest BCUT2D eigenvalue weighted by atomic mass is 9.90. The fourth-order valence-corrected chi connectivity index (χ4v) is 3.61. The molecule has 0 saturated carbocycles. The second-order valence-corrected chi connectivity index (χ2v) is 7.04. The fraction of sp³-hybridized carbons (Fsp3) is 0.562. The number of benzene rings is 1. The number of piperidine rings is 1. The number of nitrogens with zero attached hydrogens (tertiary/aromatic N) is 2. The molecule has 0 amide bonds. The first-order valence-electron chi connectivity index (χ1n) is 7.68. The third-order valence-electron chi connectivity index (χ3n) is 4.48. The molecule has 1 aromatic rings. The van der Waals surface area contributed by atoms with Gasteiger partial charge in [0.25, 0.3) is 0 Å². The van der Waals surface area contributed by atoms with E-state index in [-0.39, 0.29) is 6.10 Å². The highest BCUT2D eigenvalue weighted by Gasteiger charge is 2.32. The van der Waals surface area contributed by atoms with Crippen LogP contribution in [0.1, 0.15) is 30.4 Å². The number of oxime groups is 1. The van der Waals surface area contributed by atoms with E-state index >= 15 is 0 Å². The van der Waals surface area contributed by atoms with E-state index in [9.17, 15) is 13.2 Å². The zero-order chi connectivity index (χ0) is 16.4. The summed E-state index contributed by atoms with van der Waals surface area (Å²) in [7, 11) is 0. The van der Waals surface area contributed by atoms with E-state index < -0.39 is 11.7 Å². The Bertz CT molecular complexity index is 583. The average molecular weight is 391 g/mol. The van der Waals surface area contributed by atoms with E-state index in [0.717, 1.165) is 43.0 Å². The summed E-state index contributed by atoms with van der Waals surface area (Å²) in [6.45, 7) is 2.30. The van der Waals surface area contributed by atoms with Crippen molar-refractivity contribution >= 4 is 20.6 Å². The highest BCUT2D eigenvalue weighted by atomic mass is 79.9.